The number of hydrogen-bond donors (Lipinski definition) is 1. The molecule has 1 aromatic carbocycles. The van der Waals surface area contributed by atoms with Crippen molar-refractivity contribution in [1.29, 1.82) is 0 Å². The number of nitro groups is 2. The summed E-state index contributed by atoms with van der Waals surface area (Å²) in [5.74, 6) is 0.280. The van der Waals surface area contributed by atoms with Crippen molar-refractivity contribution in [3.63, 3.8) is 0 Å². The van der Waals surface area contributed by atoms with Crippen molar-refractivity contribution in [1.82, 2.24) is 0 Å². The van der Waals surface area contributed by atoms with E-state index in [2.05, 4.69) is 0 Å². The molecule has 7 heteroatoms. The van der Waals surface area contributed by atoms with Crippen molar-refractivity contribution < 1.29 is 15.0 Å². The van der Waals surface area contributed by atoms with Crippen molar-refractivity contribution in [2.45, 2.75) is 44.6 Å². The lowest BCUT2D eigenvalue weighted by molar-refractivity contribution is -0.394. The Morgan fingerprint density at radius 1 is 1.19 bits per heavy atom. The average Bonchev–Trinajstić information content (AvgIpc) is 2.98. The topological polar surface area (TPSA) is 107 Å². The molecule has 21 heavy (non-hydrogen) atoms. The fourth-order valence-electron chi connectivity index (χ4n) is 2.93. The summed E-state index contributed by atoms with van der Waals surface area (Å²) >= 11 is 0. The summed E-state index contributed by atoms with van der Waals surface area (Å²) in [7, 11) is 0. The number of non-ortho nitro benzene ring substituents is 1. The molecule has 1 atom stereocenters. The highest BCUT2D eigenvalue weighted by molar-refractivity contribution is 5.49. The zero-order valence-electron chi connectivity index (χ0n) is 11.6. The van der Waals surface area contributed by atoms with E-state index in [1.807, 2.05) is 0 Å². The molecule has 1 aliphatic rings. The van der Waals surface area contributed by atoms with Gasteiger partial charge in [-0.15, -0.1) is 0 Å². The Kier molecular flexibility index (Phi) is 4.85. The van der Waals surface area contributed by atoms with Crippen molar-refractivity contribution in [2.24, 2.45) is 5.92 Å². The lowest BCUT2D eigenvalue weighted by Gasteiger charge is -2.17. The summed E-state index contributed by atoms with van der Waals surface area (Å²) in [6.45, 7) is 0. The summed E-state index contributed by atoms with van der Waals surface area (Å²) in [6.07, 6.45) is 4.60. The van der Waals surface area contributed by atoms with E-state index in [0.29, 0.717) is 18.4 Å². The van der Waals surface area contributed by atoms with Gasteiger partial charge in [-0.2, -0.15) is 0 Å². The van der Waals surface area contributed by atoms with E-state index in [4.69, 9.17) is 0 Å². The third-order valence-corrected chi connectivity index (χ3v) is 4.13. The van der Waals surface area contributed by atoms with Gasteiger partial charge in [0.05, 0.1) is 22.0 Å². The predicted octanol–water partition coefficient (Wildman–Crippen LogP) is 2.99. The molecule has 7 nitrogen and oxygen atoms in total. The van der Waals surface area contributed by atoms with E-state index in [9.17, 15) is 25.3 Å². The molecule has 1 aliphatic carbocycles. The van der Waals surface area contributed by atoms with Gasteiger partial charge in [0.1, 0.15) is 0 Å². The zero-order valence-corrected chi connectivity index (χ0v) is 11.6. The molecule has 0 aliphatic heterocycles. The van der Waals surface area contributed by atoms with Crippen molar-refractivity contribution in [2.75, 3.05) is 0 Å². The van der Waals surface area contributed by atoms with Crippen LogP contribution in [-0.4, -0.2) is 21.1 Å². The summed E-state index contributed by atoms with van der Waals surface area (Å²) < 4.78 is 0. The molecule has 0 heterocycles. The Balaban J connectivity index is 2.08. The molecule has 0 bridgehead atoms. The average molecular weight is 294 g/mol. The van der Waals surface area contributed by atoms with Crippen LogP contribution in [-0.2, 0) is 6.42 Å². The molecule has 0 saturated heterocycles. The normalized spacial score (nSPS) is 16.8. The Labute approximate surface area is 121 Å². The van der Waals surface area contributed by atoms with E-state index < -0.39 is 16.0 Å². The lowest BCUT2D eigenvalue weighted by atomic mass is 9.94. The molecule has 1 aromatic rings. The maximum absolute atomic E-state index is 11.0. The minimum absolute atomic E-state index is 0.247. The van der Waals surface area contributed by atoms with Crippen LogP contribution in [0.5, 0.6) is 0 Å². The van der Waals surface area contributed by atoms with Gasteiger partial charge >= 0.3 is 0 Å². The van der Waals surface area contributed by atoms with Crippen LogP contribution in [0.15, 0.2) is 18.2 Å². The maximum atomic E-state index is 11.0. The van der Waals surface area contributed by atoms with E-state index in [-0.39, 0.29) is 17.3 Å². The quantitative estimate of drug-likeness (QED) is 0.641. The Bertz CT molecular complexity index is 540. The van der Waals surface area contributed by atoms with E-state index >= 15 is 0 Å². The number of aliphatic hydroxyl groups is 1. The number of rotatable bonds is 6. The first kappa shape index (κ1) is 15.4. The highest BCUT2D eigenvalue weighted by Crippen LogP contribution is 2.31. The van der Waals surface area contributed by atoms with Crippen LogP contribution in [0.1, 0.15) is 37.7 Å². The molecule has 0 amide bonds. The third kappa shape index (κ3) is 3.75. The lowest BCUT2D eigenvalue weighted by Crippen LogP contribution is -2.18. The largest absolute Gasteiger partial charge is 0.393 e. The minimum Gasteiger partial charge on any atom is -0.393 e. The molecule has 1 unspecified atom stereocenters. The van der Waals surface area contributed by atoms with Crippen molar-refractivity contribution in [3.05, 3.63) is 44.0 Å². The van der Waals surface area contributed by atoms with Gasteiger partial charge in [-0.25, -0.2) is 0 Å². The number of nitrogens with zero attached hydrogens (tertiary/aromatic N) is 2. The Morgan fingerprint density at radius 2 is 1.86 bits per heavy atom. The van der Waals surface area contributed by atoms with Gasteiger partial charge < -0.3 is 5.11 Å². The molecule has 0 aromatic heterocycles. The van der Waals surface area contributed by atoms with Crippen molar-refractivity contribution >= 4 is 11.4 Å². The van der Waals surface area contributed by atoms with Crippen LogP contribution in [0.25, 0.3) is 0 Å². The van der Waals surface area contributed by atoms with Crippen LogP contribution in [0.4, 0.5) is 11.4 Å². The fraction of sp³-hybridized carbons (Fsp3) is 0.571. The Hall–Kier alpha value is -2.02. The molecule has 114 valence electrons. The Morgan fingerprint density at radius 3 is 2.43 bits per heavy atom. The van der Waals surface area contributed by atoms with Crippen LogP contribution in [0, 0.1) is 26.1 Å². The highest BCUT2D eigenvalue weighted by Gasteiger charge is 2.25. The highest BCUT2D eigenvalue weighted by atomic mass is 16.6. The first-order valence-corrected chi connectivity index (χ1v) is 7.09. The first-order chi connectivity index (χ1) is 9.99. The summed E-state index contributed by atoms with van der Waals surface area (Å²) in [4.78, 5) is 20.4. The van der Waals surface area contributed by atoms with Crippen molar-refractivity contribution in [3.8, 4) is 0 Å². The first-order valence-electron chi connectivity index (χ1n) is 7.09. The molecule has 0 radical (unpaired) electrons. The van der Waals surface area contributed by atoms with Gasteiger partial charge in [0, 0.05) is 11.6 Å². The number of aryl methyl sites for hydroxylation is 1. The van der Waals surface area contributed by atoms with Crippen LogP contribution in [0.2, 0.25) is 0 Å². The second-order valence-electron chi connectivity index (χ2n) is 5.48. The van der Waals surface area contributed by atoms with Crippen LogP contribution < -0.4 is 0 Å². The molecule has 2 rings (SSSR count). The maximum Gasteiger partial charge on any atom is 0.279 e. The second kappa shape index (κ2) is 6.62. The number of nitro benzene ring substituents is 2. The smallest absolute Gasteiger partial charge is 0.279 e. The van der Waals surface area contributed by atoms with Gasteiger partial charge in [-0.05, 0) is 37.7 Å². The number of hydrogen-bond acceptors (Lipinski definition) is 5. The summed E-state index contributed by atoms with van der Waals surface area (Å²) in [5, 5.41) is 31.8. The standard InChI is InChI=1S/C14H18N2O5/c17-14(11-3-1-2-4-11)8-6-10-5-7-12(15(18)19)9-13(10)16(20)21/h5,7,9,11,14,17H,1-4,6,8H2. The second-order valence-corrected chi connectivity index (χ2v) is 5.48. The zero-order chi connectivity index (χ0) is 15.4. The van der Waals surface area contributed by atoms with Gasteiger partial charge in [0.15, 0.2) is 0 Å². The summed E-state index contributed by atoms with van der Waals surface area (Å²) in [6, 6.07) is 3.67. The monoisotopic (exact) mass is 294 g/mol. The van der Waals surface area contributed by atoms with Crippen LogP contribution in [0.3, 0.4) is 0 Å². The summed E-state index contributed by atoms with van der Waals surface area (Å²) in [5.41, 5.74) is -0.104. The van der Waals surface area contributed by atoms with Gasteiger partial charge in [0.2, 0.25) is 0 Å². The molecule has 1 N–H and O–H groups in total. The molecular formula is C14H18N2O5. The van der Waals surface area contributed by atoms with Gasteiger partial charge in [-0.3, -0.25) is 20.2 Å². The van der Waals surface area contributed by atoms with Crippen LogP contribution >= 0.6 is 0 Å². The third-order valence-electron chi connectivity index (χ3n) is 4.13. The molecule has 0 spiro atoms. The van der Waals surface area contributed by atoms with E-state index in [0.717, 1.165) is 31.7 Å². The van der Waals surface area contributed by atoms with E-state index in [1.165, 1.54) is 12.1 Å². The number of benzene rings is 1. The predicted molar refractivity (Wildman–Crippen MR) is 76.0 cm³/mol. The minimum atomic E-state index is -0.649. The molecule has 1 saturated carbocycles. The molecular weight excluding hydrogens is 276 g/mol. The number of aliphatic hydroxyl groups excluding tert-OH is 1. The van der Waals surface area contributed by atoms with Gasteiger partial charge in [0.25, 0.3) is 11.4 Å². The fourth-order valence-corrected chi connectivity index (χ4v) is 2.93. The SMILES string of the molecule is O=[N+]([O-])c1ccc(CCC(O)C2CCCC2)c([N+](=O)[O-])c1. The van der Waals surface area contributed by atoms with E-state index in [1.54, 1.807) is 0 Å². The molecule has 1 fully saturated rings. The van der Waals surface area contributed by atoms with Gasteiger partial charge in [-0.1, -0.05) is 12.8 Å².